The van der Waals surface area contributed by atoms with Gasteiger partial charge >= 0.3 is 0 Å². The molecule has 24 heavy (non-hydrogen) atoms. The molecule has 5 heteroatoms. The molecule has 0 saturated carbocycles. The van der Waals surface area contributed by atoms with Gasteiger partial charge in [0.25, 0.3) is 0 Å². The molecule has 2 aliphatic heterocycles. The first-order chi connectivity index (χ1) is 11.3. The fraction of sp³-hybridized carbons (Fsp3) is 0.789. The van der Waals surface area contributed by atoms with Crippen LogP contribution in [-0.4, -0.2) is 65.1 Å². The Morgan fingerprint density at radius 1 is 1.17 bits per heavy atom. The number of carbonyl (C=O) groups excluding carboxylic acids is 1. The zero-order valence-corrected chi connectivity index (χ0v) is 16.5. The van der Waals surface area contributed by atoms with E-state index in [1.165, 1.54) is 17.6 Å². The molecule has 1 aromatic heterocycles. The van der Waals surface area contributed by atoms with Crippen LogP contribution in [0.2, 0.25) is 0 Å². The van der Waals surface area contributed by atoms with Crippen molar-refractivity contribution < 1.29 is 9.28 Å². The van der Waals surface area contributed by atoms with Crippen molar-refractivity contribution >= 4 is 5.91 Å². The monoisotopic (exact) mass is 337 g/mol. The fourth-order valence-corrected chi connectivity index (χ4v) is 3.51. The Labute approximate surface area is 148 Å². The minimum absolute atomic E-state index is 0.326. The Morgan fingerprint density at radius 2 is 1.79 bits per heavy atom. The summed E-state index contributed by atoms with van der Waals surface area (Å²) < 4.78 is 3.24. The molecular formula is C19H37N4O+. The molecule has 0 aromatic carbocycles. The predicted octanol–water partition coefficient (Wildman–Crippen LogP) is 2.88. The molecular weight excluding hydrogens is 300 g/mol. The third kappa shape index (κ3) is 7.04. The maximum Gasteiger partial charge on any atom is 0.222 e. The molecule has 0 radical (unpaired) electrons. The summed E-state index contributed by atoms with van der Waals surface area (Å²) in [4.78, 5) is 16.5. The number of aromatic nitrogens is 2. The molecule has 2 unspecified atom stereocenters. The van der Waals surface area contributed by atoms with Gasteiger partial charge in [-0.05, 0) is 20.3 Å². The molecule has 0 aliphatic carbocycles. The van der Waals surface area contributed by atoms with Crippen LogP contribution in [0.15, 0.2) is 18.7 Å². The zero-order valence-electron chi connectivity index (χ0n) is 16.5. The number of hydrogen-bond donors (Lipinski definition) is 0. The lowest BCUT2D eigenvalue weighted by atomic mass is 10.0. The van der Waals surface area contributed by atoms with Crippen LogP contribution in [-0.2, 0) is 11.3 Å². The molecule has 2 aliphatic rings. The van der Waals surface area contributed by atoms with Crippen molar-refractivity contribution in [2.45, 2.75) is 47.1 Å². The van der Waals surface area contributed by atoms with Gasteiger partial charge in [-0.15, -0.1) is 0 Å². The number of quaternary nitrogens is 1. The lowest BCUT2D eigenvalue weighted by Crippen LogP contribution is -2.36. The van der Waals surface area contributed by atoms with E-state index in [1.54, 1.807) is 12.5 Å². The summed E-state index contributed by atoms with van der Waals surface area (Å²) in [5.74, 6) is 2.19. The van der Waals surface area contributed by atoms with E-state index in [-0.39, 0.29) is 0 Å². The quantitative estimate of drug-likeness (QED) is 0.778. The molecule has 2 fully saturated rings. The minimum Gasteiger partial charge on any atom is -0.343 e. The summed E-state index contributed by atoms with van der Waals surface area (Å²) in [6.07, 6.45) is 7.37. The molecule has 1 aromatic rings. The normalized spacial score (nSPS) is 24.9. The number of likely N-dealkylation sites (tertiary alicyclic amines) is 2. The first-order valence-corrected chi connectivity index (χ1v) is 9.34. The lowest BCUT2D eigenvalue weighted by molar-refractivity contribution is -0.880. The minimum atomic E-state index is 0.326. The van der Waals surface area contributed by atoms with E-state index in [2.05, 4.69) is 39.9 Å². The Morgan fingerprint density at radius 3 is 2.00 bits per heavy atom. The average molecular weight is 338 g/mol. The van der Waals surface area contributed by atoms with E-state index >= 15 is 0 Å². The van der Waals surface area contributed by atoms with Crippen LogP contribution in [0, 0.1) is 11.8 Å². The maximum absolute atomic E-state index is 10.7. The lowest BCUT2D eigenvalue weighted by Gasteiger charge is -2.23. The van der Waals surface area contributed by atoms with Crippen LogP contribution in [0.25, 0.3) is 0 Å². The number of rotatable bonds is 2. The van der Waals surface area contributed by atoms with Gasteiger partial charge in [0.15, 0.2) is 0 Å². The summed E-state index contributed by atoms with van der Waals surface area (Å²) in [6.45, 7) is 14.4. The van der Waals surface area contributed by atoms with Crippen molar-refractivity contribution in [2.75, 3.05) is 40.3 Å². The molecule has 1 amide bonds. The van der Waals surface area contributed by atoms with E-state index in [4.69, 9.17) is 0 Å². The number of nitrogens with zero attached hydrogens (tertiary/aromatic N) is 4. The van der Waals surface area contributed by atoms with Crippen LogP contribution >= 0.6 is 0 Å². The standard InChI is InChI=1S/C8H18N.C6H11NO.C5H8N2/c1-7-5-9(3,4)6-8(7)2;1-2-7-5-3-4-6(7)8;1-2-7-4-3-6-5-7/h7-8H,5-6H2,1-4H3;2-5H2,1H3;3-5H,2H2,1H3/q+1;;. The summed E-state index contributed by atoms with van der Waals surface area (Å²) in [5, 5.41) is 0. The number of hydrogen-bond acceptors (Lipinski definition) is 2. The highest BCUT2D eigenvalue weighted by atomic mass is 16.2. The average Bonchev–Trinajstić information content (AvgIpc) is 3.22. The number of amides is 1. The maximum atomic E-state index is 10.7. The van der Waals surface area contributed by atoms with Crippen LogP contribution in [0.4, 0.5) is 0 Å². The van der Waals surface area contributed by atoms with Gasteiger partial charge < -0.3 is 14.0 Å². The van der Waals surface area contributed by atoms with Crippen molar-refractivity contribution in [2.24, 2.45) is 11.8 Å². The van der Waals surface area contributed by atoms with E-state index in [0.717, 1.165) is 44.3 Å². The molecule has 2 saturated heterocycles. The first kappa shape index (κ1) is 20.7. The molecule has 0 N–H and O–H groups in total. The molecule has 2 atom stereocenters. The number of carbonyl (C=O) groups is 1. The highest BCUT2D eigenvalue weighted by Gasteiger charge is 2.33. The summed E-state index contributed by atoms with van der Waals surface area (Å²) in [5.41, 5.74) is 0. The largest absolute Gasteiger partial charge is 0.343 e. The van der Waals surface area contributed by atoms with Gasteiger partial charge in [0.2, 0.25) is 5.91 Å². The van der Waals surface area contributed by atoms with Crippen LogP contribution in [0.1, 0.15) is 40.5 Å². The van der Waals surface area contributed by atoms with Gasteiger partial charge in [0.1, 0.15) is 0 Å². The molecule has 3 heterocycles. The Balaban J connectivity index is 0.000000181. The second-order valence-corrected chi connectivity index (χ2v) is 7.73. The van der Waals surface area contributed by atoms with Crippen molar-refractivity contribution in [1.82, 2.24) is 14.5 Å². The zero-order chi connectivity index (χ0) is 18.2. The third-order valence-corrected chi connectivity index (χ3v) is 5.01. The van der Waals surface area contributed by atoms with Crippen molar-refractivity contribution in [3.63, 3.8) is 0 Å². The van der Waals surface area contributed by atoms with Gasteiger partial charge in [0.05, 0.1) is 33.5 Å². The number of aryl methyl sites for hydroxylation is 1. The van der Waals surface area contributed by atoms with Gasteiger partial charge in [0, 0.05) is 50.3 Å². The van der Waals surface area contributed by atoms with Gasteiger partial charge in [-0.3, -0.25) is 4.79 Å². The Kier molecular flexibility index (Phi) is 8.46. The SMILES string of the molecule is CC1C[N+](C)(C)CC1C.CCN1CCCC1=O.CCn1ccnc1. The topological polar surface area (TPSA) is 38.1 Å². The van der Waals surface area contributed by atoms with Crippen molar-refractivity contribution in [3.8, 4) is 0 Å². The van der Waals surface area contributed by atoms with Crippen LogP contribution < -0.4 is 0 Å². The van der Waals surface area contributed by atoms with Gasteiger partial charge in [-0.1, -0.05) is 13.8 Å². The molecule has 5 nitrogen and oxygen atoms in total. The second-order valence-electron chi connectivity index (χ2n) is 7.73. The first-order valence-electron chi connectivity index (χ1n) is 9.34. The van der Waals surface area contributed by atoms with Crippen molar-refractivity contribution in [3.05, 3.63) is 18.7 Å². The molecule has 138 valence electrons. The molecule has 0 bridgehead atoms. The summed E-state index contributed by atoms with van der Waals surface area (Å²) in [6, 6.07) is 0. The smallest absolute Gasteiger partial charge is 0.222 e. The van der Waals surface area contributed by atoms with Gasteiger partial charge in [-0.2, -0.15) is 0 Å². The van der Waals surface area contributed by atoms with E-state index in [0.29, 0.717) is 5.91 Å². The Hall–Kier alpha value is -1.36. The van der Waals surface area contributed by atoms with E-state index in [1.807, 2.05) is 22.6 Å². The number of imidazole rings is 1. The predicted molar refractivity (Wildman–Crippen MR) is 99.6 cm³/mol. The summed E-state index contributed by atoms with van der Waals surface area (Å²) in [7, 11) is 4.64. The van der Waals surface area contributed by atoms with Gasteiger partial charge in [-0.25, -0.2) is 4.98 Å². The van der Waals surface area contributed by atoms with Crippen molar-refractivity contribution in [1.29, 1.82) is 0 Å². The van der Waals surface area contributed by atoms with Crippen LogP contribution in [0.3, 0.4) is 0 Å². The highest BCUT2D eigenvalue weighted by molar-refractivity contribution is 5.77. The summed E-state index contributed by atoms with van der Waals surface area (Å²) >= 11 is 0. The van der Waals surface area contributed by atoms with Crippen LogP contribution in [0.5, 0.6) is 0 Å². The van der Waals surface area contributed by atoms with E-state index in [9.17, 15) is 4.79 Å². The molecule has 0 spiro atoms. The second kappa shape index (κ2) is 9.82. The fourth-order valence-electron chi connectivity index (χ4n) is 3.51. The van der Waals surface area contributed by atoms with E-state index < -0.39 is 0 Å². The molecule has 3 rings (SSSR count). The Bertz CT molecular complexity index is 458. The third-order valence-electron chi connectivity index (χ3n) is 5.01. The highest BCUT2D eigenvalue weighted by Crippen LogP contribution is 2.25.